The van der Waals surface area contributed by atoms with Gasteiger partial charge >= 0.3 is 12.4 Å². The predicted octanol–water partition coefficient (Wildman–Crippen LogP) is 6.18. The molecule has 1 aliphatic heterocycles. The molecule has 0 bridgehead atoms. The quantitative estimate of drug-likeness (QED) is 0.476. The van der Waals surface area contributed by atoms with Crippen molar-refractivity contribution in [3.8, 4) is 17.4 Å². The number of ether oxygens (including phenoxy) is 3. The summed E-state index contributed by atoms with van der Waals surface area (Å²) in [5.41, 5.74) is 1.97. The summed E-state index contributed by atoms with van der Waals surface area (Å²) in [4.78, 5) is 16.7. The summed E-state index contributed by atoms with van der Waals surface area (Å²) in [6, 6.07) is 13.0. The number of aromatic nitrogens is 1. The van der Waals surface area contributed by atoms with Gasteiger partial charge in [0, 0.05) is 17.4 Å². The molecule has 2 heterocycles. The Kier molecular flexibility index (Phi) is 5.86. The average Bonchev–Trinajstić information content (AvgIpc) is 3.05. The van der Waals surface area contributed by atoms with E-state index in [0.717, 1.165) is 23.3 Å². The number of nitrogens with zero attached hydrogens (tertiary/aromatic N) is 1. The first-order chi connectivity index (χ1) is 15.6. The van der Waals surface area contributed by atoms with Gasteiger partial charge in [-0.05, 0) is 61.9 Å². The van der Waals surface area contributed by atoms with Gasteiger partial charge in [0.25, 0.3) is 0 Å². The van der Waals surface area contributed by atoms with E-state index in [1.54, 1.807) is 18.2 Å². The van der Waals surface area contributed by atoms with Gasteiger partial charge in [-0.15, -0.1) is 13.2 Å². The molecule has 0 saturated carbocycles. The van der Waals surface area contributed by atoms with Crippen LogP contribution in [0.25, 0.3) is 0 Å². The monoisotopic (exact) mass is 459 g/mol. The van der Waals surface area contributed by atoms with E-state index in [1.165, 1.54) is 18.3 Å². The van der Waals surface area contributed by atoms with E-state index in [9.17, 15) is 18.0 Å². The van der Waals surface area contributed by atoms with Crippen molar-refractivity contribution in [2.75, 3.05) is 10.6 Å². The second-order valence-electron chi connectivity index (χ2n) is 7.70. The lowest BCUT2D eigenvalue weighted by atomic mass is 9.95. The number of fused-ring (bicyclic) bond motifs is 1. The van der Waals surface area contributed by atoms with Gasteiger partial charge < -0.3 is 24.8 Å². The van der Waals surface area contributed by atoms with E-state index < -0.39 is 23.7 Å². The Hall–Kier alpha value is -3.79. The molecule has 4 rings (SSSR count). The molecule has 2 N–H and O–H groups in total. The summed E-state index contributed by atoms with van der Waals surface area (Å²) in [5, 5.41) is 5.18. The smallest absolute Gasteiger partial charge is 0.437 e. The Morgan fingerprint density at radius 2 is 1.82 bits per heavy atom. The first kappa shape index (κ1) is 22.4. The summed E-state index contributed by atoms with van der Waals surface area (Å²) in [6.07, 6.45) is -3.26. The largest absolute Gasteiger partial charge is 0.573 e. The third kappa shape index (κ3) is 5.35. The molecule has 0 spiro atoms. The van der Waals surface area contributed by atoms with Crippen LogP contribution < -0.4 is 20.1 Å². The molecule has 2 aromatic carbocycles. The predicted molar refractivity (Wildman–Crippen MR) is 114 cm³/mol. The van der Waals surface area contributed by atoms with Crippen LogP contribution in [0.1, 0.15) is 25.0 Å². The van der Waals surface area contributed by atoms with Crippen molar-refractivity contribution in [2.24, 2.45) is 0 Å². The molecular weight excluding hydrogens is 439 g/mol. The number of benzene rings is 2. The fourth-order valence-corrected chi connectivity index (χ4v) is 3.49. The zero-order chi connectivity index (χ0) is 23.6. The van der Waals surface area contributed by atoms with E-state index >= 15 is 0 Å². The molecule has 172 valence electrons. The molecule has 1 aliphatic rings. The molecule has 3 aromatic rings. The normalized spacial score (nSPS) is 14.3. The lowest BCUT2D eigenvalue weighted by molar-refractivity contribution is -0.274. The number of hydrogen-bond donors (Lipinski definition) is 2. The third-order valence-corrected chi connectivity index (χ3v) is 4.87. The molecule has 0 radical (unpaired) electrons. The minimum atomic E-state index is -4.79. The first-order valence-corrected chi connectivity index (χ1v) is 9.94. The van der Waals surface area contributed by atoms with Crippen LogP contribution in [-0.4, -0.2) is 17.4 Å². The molecule has 1 aromatic heterocycles. The molecule has 7 nitrogen and oxygen atoms in total. The second kappa shape index (κ2) is 8.62. The summed E-state index contributed by atoms with van der Waals surface area (Å²) in [5.74, 6) is 0.355. The molecule has 33 heavy (non-hydrogen) atoms. The molecule has 0 saturated heterocycles. The third-order valence-electron chi connectivity index (χ3n) is 4.87. The van der Waals surface area contributed by atoms with Crippen molar-refractivity contribution >= 4 is 17.4 Å². The van der Waals surface area contributed by atoms with Crippen molar-refractivity contribution in [3.63, 3.8) is 0 Å². The van der Waals surface area contributed by atoms with Crippen LogP contribution in [0.5, 0.6) is 17.4 Å². The zero-order valence-electron chi connectivity index (χ0n) is 17.7. The van der Waals surface area contributed by atoms with Crippen LogP contribution in [0.4, 0.5) is 29.3 Å². The summed E-state index contributed by atoms with van der Waals surface area (Å²) >= 11 is 0. The number of alkyl halides is 3. The van der Waals surface area contributed by atoms with Gasteiger partial charge in [-0.2, -0.15) is 0 Å². The summed E-state index contributed by atoms with van der Waals surface area (Å²) in [7, 11) is 0. The molecule has 0 aliphatic carbocycles. The van der Waals surface area contributed by atoms with Crippen molar-refractivity contribution in [1.29, 1.82) is 0 Å². The number of carbonyl (C=O) groups is 1. The topological polar surface area (TPSA) is 81.7 Å². The van der Waals surface area contributed by atoms with Crippen LogP contribution >= 0.6 is 0 Å². The van der Waals surface area contributed by atoms with Crippen molar-refractivity contribution in [2.45, 2.75) is 32.4 Å². The van der Waals surface area contributed by atoms with E-state index in [2.05, 4.69) is 20.4 Å². The molecule has 0 atom stereocenters. The minimum Gasteiger partial charge on any atom is -0.437 e. The Balaban J connectivity index is 1.47. The maximum atomic E-state index is 12.5. The average molecular weight is 459 g/mol. The number of amides is 2. The highest BCUT2D eigenvalue weighted by Gasteiger charge is 2.34. The highest BCUT2D eigenvalue weighted by Crippen LogP contribution is 2.43. The number of pyridine rings is 1. The van der Waals surface area contributed by atoms with Crippen LogP contribution in [0, 0.1) is 0 Å². The van der Waals surface area contributed by atoms with Crippen molar-refractivity contribution in [1.82, 2.24) is 4.98 Å². The second-order valence-corrected chi connectivity index (χ2v) is 7.70. The lowest BCUT2D eigenvalue weighted by Gasteiger charge is -2.21. The van der Waals surface area contributed by atoms with E-state index in [4.69, 9.17) is 9.47 Å². The fraction of sp³-hybridized carbons (Fsp3) is 0.217. The molecule has 10 heteroatoms. The zero-order valence-corrected chi connectivity index (χ0v) is 17.7. The molecule has 0 fully saturated rings. The SMILES string of the molecule is CC1(C)OCc2cccc(Oc3ncccc3NC(=O)Nc3ccc(OC(F)(F)F)cc3)c21. The Labute approximate surface area is 187 Å². The molecular formula is C23H20F3N3O4. The maximum absolute atomic E-state index is 12.5. The Morgan fingerprint density at radius 1 is 1.06 bits per heavy atom. The highest BCUT2D eigenvalue weighted by atomic mass is 19.4. The van der Waals surface area contributed by atoms with Gasteiger partial charge in [0.1, 0.15) is 17.2 Å². The van der Waals surface area contributed by atoms with E-state index in [-0.39, 0.29) is 11.6 Å². The lowest BCUT2D eigenvalue weighted by Crippen LogP contribution is -2.20. The van der Waals surface area contributed by atoms with Gasteiger partial charge in [-0.1, -0.05) is 12.1 Å². The minimum absolute atomic E-state index is 0.178. The van der Waals surface area contributed by atoms with Crippen LogP contribution in [0.15, 0.2) is 60.8 Å². The molecule has 2 amide bonds. The summed E-state index contributed by atoms with van der Waals surface area (Å²) < 4.78 is 52.5. The van der Waals surface area contributed by atoms with Crippen molar-refractivity contribution in [3.05, 3.63) is 71.9 Å². The van der Waals surface area contributed by atoms with Gasteiger partial charge in [-0.3, -0.25) is 0 Å². The maximum Gasteiger partial charge on any atom is 0.573 e. The van der Waals surface area contributed by atoms with Gasteiger partial charge in [0.05, 0.1) is 12.2 Å². The number of halogens is 3. The van der Waals surface area contributed by atoms with E-state index in [1.807, 2.05) is 26.0 Å². The highest BCUT2D eigenvalue weighted by molar-refractivity contribution is 6.00. The summed E-state index contributed by atoms with van der Waals surface area (Å²) in [6.45, 7) is 4.37. The van der Waals surface area contributed by atoms with Gasteiger partial charge in [-0.25, -0.2) is 9.78 Å². The number of nitrogens with one attached hydrogen (secondary N) is 2. The standard InChI is InChI=1S/C23H20F3N3O4/c1-22(2)19-14(13-31-22)5-3-7-18(19)32-20-17(6-4-12-27-20)29-21(30)28-15-8-10-16(11-9-15)33-23(24,25)26/h3-12H,13H2,1-2H3,(H2,28,29,30). The number of rotatable bonds is 5. The van der Waals surface area contributed by atoms with E-state index in [0.29, 0.717) is 18.0 Å². The Bertz CT molecular complexity index is 1160. The number of hydrogen-bond acceptors (Lipinski definition) is 5. The fourth-order valence-electron chi connectivity index (χ4n) is 3.49. The first-order valence-electron chi connectivity index (χ1n) is 9.94. The number of carbonyl (C=O) groups excluding carboxylic acids is 1. The van der Waals surface area contributed by atoms with Crippen LogP contribution in [0.3, 0.4) is 0 Å². The number of urea groups is 1. The number of anilines is 2. The molecule has 0 unspecified atom stereocenters. The van der Waals surface area contributed by atoms with Gasteiger partial charge in [0.2, 0.25) is 5.88 Å². The Morgan fingerprint density at radius 3 is 2.55 bits per heavy atom. The van der Waals surface area contributed by atoms with Crippen LogP contribution in [0.2, 0.25) is 0 Å². The van der Waals surface area contributed by atoms with Gasteiger partial charge in [0.15, 0.2) is 0 Å². The van der Waals surface area contributed by atoms with Crippen molar-refractivity contribution < 1.29 is 32.2 Å². The van der Waals surface area contributed by atoms with Crippen LogP contribution in [-0.2, 0) is 16.9 Å².